The van der Waals surface area contributed by atoms with Crippen LogP contribution in [0.25, 0.3) is 0 Å². The average molecular weight is 210 g/mol. The first-order chi connectivity index (χ1) is 7.40. The third-order valence-electron chi connectivity index (χ3n) is 3.93. The highest BCUT2D eigenvalue weighted by atomic mass is 15.2. The molecule has 1 unspecified atom stereocenters. The summed E-state index contributed by atoms with van der Waals surface area (Å²) in [6.45, 7) is 7.41. The summed E-state index contributed by atoms with van der Waals surface area (Å²) in [6.07, 6.45) is 8.56. The molecule has 1 N–H and O–H groups in total. The van der Waals surface area contributed by atoms with Gasteiger partial charge in [0.05, 0.1) is 0 Å². The molecule has 0 bridgehead atoms. The zero-order valence-electron chi connectivity index (χ0n) is 10.2. The van der Waals surface area contributed by atoms with Gasteiger partial charge in [0.1, 0.15) is 0 Å². The number of hydrogen-bond acceptors (Lipinski definition) is 2. The molecular weight excluding hydrogens is 184 g/mol. The molecule has 1 saturated heterocycles. The number of hydrogen-bond donors (Lipinski definition) is 1. The molecule has 0 spiro atoms. The molecule has 2 nitrogen and oxygen atoms in total. The lowest BCUT2D eigenvalue weighted by molar-refractivity contribution is 0.145. The van der Waals surface area contributed by atoms with Crippen molar-refractivity contribution in [2.24, 2.45) is 5.92 Å². The van der Waals surface area contributed by atoms with Gasteiger partial charge in [-0.2, -0.15) is 0 Å². The van der Waals surface area contributed by atoms with E-state index in [9.17, 15) is 0 Å². The maximum atomic E-state index is 3.60. The molecule has 2 rings (SSSR count). The molecular formula is C13H26N2. The molecule has 1 aliphatic heterocycles. The normalized spacial score (nSPS) is 28.2. The summed E-state index contributed by atoms with van der Waals surface area (Å²) < 4.78 is 0. The van der Waals surface area contributed by atoms with Crippen LogP contribution in [0.3, 0.4) is 0 Å². The summed E-state index contributed by atoms with van der Waals surface area (Å²) in [7, 11) is 0. The minimum Gasteiger partial charge on any atom is -0.315 e. The van der Waals surface area contributed by atoms with Gasteiger partial charge < -0.3 is 5.32 Å². The van der Waals surface area contributed by atoms with Crippen LogP contribution in [-0.4, -0.2) is 37.1 Å². The zero-order valence-corrected chi connectivity index (χ0v) is 10.2. The van der Waals surface area contributed by atoms with Crippen molar-refractivity contribution in [3.8, 4) is 0 Å². The van der Waals surface area contributed by atoms with Crippen LogP contribution in [0.5, 0.6) is 0 Å². The molecule has 0 aromatic carbocycles. The average Bonchev–Trinajstić information content (AvgIpc) is 3.09. The predicted molar refractivity (Wildman–Crippen MR) is 65.1 cm³/mol. The minimum absolute atomic E-state index is 0.876. The van der Waals surface area contributed by atoms with E-state index in [1.54, 1.807) is 0 Å². The Kier molecular flexibility index (Phi) is 4.45. The lowest BCUT2D eigenvalue weighted by atomic mass is 10.0. The summed E-state index contributed by atoms with van der Waals surface area (Å²) in [4.78, 5) is 2.70. The van der Waals surface area contributed by atoms with Crippen LogP contribution in [0.4, 0.5) is 0 Å². The number of nitrogens with one attached hydrogen (secondary N) is 1. The molecule has 2 heteroatoms. The molecule has 2 aliphatic rings. The van der Waals surface area contributed by atoms with Crippen molar-refractivity contribution < 1.29 is 0 Å². The standard InChI is InChI=1S/C13H26N2/c1-2-13-5-3-4-9-15(13)10-8-14-11-12-6-7-12/h12-14H,2-11H2,1H3. The van der Waals surface area contributed by atoms with E-state index < -0.39 is 0 Å². The molecule has 1 heterocycles. The molecule has 2 fully saturated rings. The summed E-state index contributed by atoms with van der Waals surface area (Å²) in [5, 5.41) is 3.60. The Labute approximate surface area is 94.4 Å². The van der Waals surface area contributed by atoms with Gasteiger partial charge in [0.25, 0.3) is 0 Å². The van der Waals surface area contributed by atoms with Crippen molar-refractivity contribution in [1.29, 1.82) is 0 Å². The zero-order chi connectivity index (χ0) is 10.5. The second-order valence-corrected chi connectivity index (χ2v) is 5.24. The van der Waals surface area contributed by atoms with Crippen molar-refractivity contribution in [2.75, 3.05) is 26.2 Å². The van der Waals surface area contributed by atoms with Gasteiger partial charge in [0, 0.05) is 19.1 Å². The summed E-state index contributed by atoms with van der Waals surface area (Å²) in [5.41, 5.74) is 0. The highest BCUT2D eigenvalue weighted by Crippen LogP contribution is 2.27. The molecule has 88 valence electrons. The van der Waals surface area contributed by atoms with Crippen molar-refractivity contribution in [1.82, 2.24) is 10.2 Å². The fraction of sp³-hybridized carbons (Fsp3) is 1.00. The SMILES string of the molecule is CCC1CCCCN1CCNCC1CC1. The Hall–Kier alpha value is -0.0800. The second kappa shape index (κ2) is 5.86. The summed E-state index contributed by atoms with van der Waals surface area (Å²) in [5.74, 6) is 1.02. The third kappa shape index (κ3) is 3.76. The number of piperidine rings is 1. The van der Waals surface area contributed by atoms with E-state index in [1.165, 1.54) is 64.7 Å². The second-order valence-electron chi connectivity index (χ2n) is 5.24. The Balaban J connectivity index is 1.58. The van der Waals surface area contributed by atoms with E-state index >= 15 is 0 Å². The van der Waals surface area contributed by atoms with Crippen molar-refractivity contribution >= 4 is 0 Å². The number of nitrogens with zero attached hydrogens (tertiary/aromatic N) is 1. The van der Waals surface area contributed by atoms with Gasteiger partial charge >= 0.3 is 0 Å². The molecule has 1 atom stereocenters. The maximum Gasteiger partial charge on any atom is 0.0110 e. The first kappa shape index (κ1) is 11.4. The topological polar surface area (TPSA) is 15.3 Å². The quantitative estimate of drug-likeness (QED) is 0.676. The van der Waals surface area contributed by atoms with E-state index in [2.05, 4.69) is 17.1 Å². The fourth-order valence-corrected chi connectivity index (χ4v) is 2.67. The van der Waals surface area contributed by atoms with Gasteiger partial charge in [-0.25, -0.2) is 0 Å². The Morgan fingerprint density at radius 1 is 1.20 bits per heavy atom. The fourth-order valence-electron chi connectivity index (χ4n) is 2.67. The largest absolute Gasteiger partial charge is 0.315 e. The third-order valence-corrected chi connectivity index (χ3v) is 3.93. The number of rotatable bonds is 6. The van der Waals surface area contributed by atoms with Crippen LogP contribution in [0.1, 0.15) is 45.4 Å². The van der Waals surface area contributed by atoms with Crippen LogP contribution in [0.2, 0.25) is 0 Å². The highest BCUT2D eigenvalue weighted by molar-refractivity contribution is 4.78. The van der Waals surface area contributed by atoms with Crippen molar-refractivity contribution in [2.45, 2.75) is 51.5 Å². The predicted octanol–water partition coefficient (Wildman–Crippen LogP) is 2.25. The van der Waals surface area contributed by atoms with E-state index in [1.807, 2.05) is 0 Å². The van der Waals surface area contributed by atoms with Gasteiger partial charge in [0.2, 0.25) is 0 Å². The van der Waals surface area contributed by atoms with Crippen LogP contribution >= 0.6 is 0 Å². The lowest BCUT2D eigenvalue weighted by Crippen LogP contribution is -2.42. The van der Waals surface area contributed by atoms with E-state index in [-0.39, 0.29) is 0 Å². The molecule has 0 amide bonds. The van der Waals surface area contributed by atoms with Gasteiger partial charge in [-0.3, -0.25) is 4.90 Å². The highest BCUT2D eigenvalue weighted by Gasteiger charge is 2.22. The van der Waals surface area contributed by atoms with E-state index in [0.29, 0.717) is 0 Å². The summed E-state index contributed by atoms with van der Waals surface area (Å²) in [6, 6.07) is 0.876. The Morgan fingerprint density at radius 2 is 2.07 bits per heavy atom. The van der Waals surface area contributed by atoms with Crippen LogP contribution in [0, 0.1) is 5.92 Å². The number of likely N-dealkylation sites (tertiary alicyclic amines) is 1. The molecule has 0 aromatic rings. The first-order valence-corrected chi connectivity index (χ1v) is 6.85. The van der Waals surface area contributed by atoms with Gasteiger partial charge in [0.15, 0.2) is 0 Å². The minimum atomic E-state index is 0.876. The monoisotopic (exact) mass is 210 g/mol. The van der Waals surface area contributed by atoms with E-state index in [0.717, 1.165) is 12.0 Å². The molecule has 1 aliphatic carbocycles. The van der Waals surface area contributed by atoms with Gasteiger partial charge in [-0.05, 0) is 51.1 Å². The maximum absolute atomic E-state index is 3.60. The van der Waals surface area contributed by atoms with Gasteiger partial charge in [-0.1, -0.05) is 13.3 Å². The first-order valence-electron chi connectivity index (χ1n) is 6.85. The lowest BCUT2D eigenvalue weighted by Gasteiger charge is -2.35. The van der Waals surface area contributed by atoms with Crippen LogP contribution in [-0.2, 0) is 0 Å². The molecule has 15 heavy (non-hydrogen) atoms. The van der Waals surface area contributed by atoms with Crippen LogP contribution < -0.4 is 5.32 Å². The van der Waals surface area contributed by atoms with Gasteiger partial charge in [-0.15, -0.1) is 0 Å². The van der Waals surface area contributed by atoms with E-state index in [4.69, 9.17) is 0 Å². The summed E-state index contributed by atoms with van der Waals surface area (Å²) >= 11 is 0. The smallest absolute Gasteiger partial charge is 0.0110 e. The molecule has 1 saturated carbocycles. The van der Waals surface area contributed by atoms with Crippen LogP contribution in [0.15, 0.2) is 0 Å². The Morgan fingerprint density at radius 3 is 2.80 bits per heavy atom. The molecule has 0 radical (unpaired) electrons. The van der Waals surface area contributed by atoms with Crippen molar-refractivity contribution in [3.05, 3.63) is 0 Å². The molecule has 0 aromatic heterocycles. The Bertz CT molecular complexity index is 177. The van der Waals surface area contributed by atoms with Crippen molar-refractivity contribution in [3.63, 3.8) is 0 Å².